The van der Waals surface area contributed by atoms with E-state index in [-0.39, 0.29) is 5.91 Å². The number of halogens is 2. The molecule has 0 heterocycles. The van der Waals surface area contributed by atoms with Gasteiger partial charge in [-0.3, -0.25) is 4.79 Å². The second-order valence-corrected chi connectivity index (χ2v) is 6.47. The third kappa shape index (κ3) is 5.04. The van der Waals surface area contributed by atoms with Crippen molar-refractivity contribution in [3.8, 4) is 0 Å². The molecule has 0 radical (unpaired) electrons. The van der Waals surface area contributed by atoms with Gasteiger partial charge in [-0.1, -0.05) is 50.9 Å². The molecule has 0 atom stereocenters. The highest BCUT2D eigenvalue weighted by Gasteiger charge is 2.20. The molecular weight excluding hydrogens is 281 g/mol. The standard InChI is InChI=1S/C15H21Cl2NO/c1-10(2)8-18(9-11(3)4)15(19)13-7-12(16)5-6-14(13)17/h5-7,10-11H,8-9H2,1-4H3. The lowest BCUT2D eigenvalue weighted by molar-refractivity contribution is 0.0715. The topological polar surface area (TPSA) is 20.3 Å². The molecule has 0 aliphatic rings. The van der Waals surface area contributed by atoms with E-state index in [1.165, 1.54) is 0 Å². The second-order valence-electron chi connectivity index (χ2n) is 5.62. The fourth-order valence-electron chi connectivity index (χ4n) is 1.95. The molecule has 1 amide bonds. The van der Waals surface area contributed by atoms with E-state index in [1.807, 2.05) is 4.90 Å². The highest BCUT2D eigenvalue weighted by Crippen LogP contribution is 2.23. The van der Waals surface area contributed by atoms with Crippen LogP contribution in [0, 0.1) is 11.8 Å². The summed E-state index contributed by atoms with van der Waals surface area (Å²) in [7, 11) is 0. The molecule has 0 N–H and O–H groups in total. The lowest BCUT2D eigenvalue weighted by Crippen LogP contribution is -2.37. The molecule has 19 heavy (non-hydrogen) atoms. The first-order valence-corrected chi connectivity index (χ1v) is 7.31. The van der Waals surface area contributed by atoms with Gasteiger partial charge >= 0.3 is 0 Å². The van der Waals surface area contributed by atoms with Gasteiger partial charge in [0.25, 0.3) is 5.91 Å². The summed E-state index contributed by atoms with van der Waals surface area (Å²) >= 11 is 12.0. The molecule has 106 valence electrons. The van der Waals surface area contributed by atoms with Crippen LogP contribution in [0.25, 0.3) is 0 Å². The smallest absolute Gasteiger partial charge is 0.255 e. The van der Waals surface area contributed by atoms with Gasteiger partial charge in [-0.2, -0.15) is 0 Å². The third-order valence-corrected chi connectivity index (χ3v) is 3.18. The zero-order valence-corrected chi connectivity index (χ0v) is 13.4. The van der Waals surface area contributed by atoms with E-state index in [1.54, 1.807) is 18.2 Å². The number of hydrogen-bond acceptors (Lipinski definition) is 1. The lowest BCUT2D eigenvalue weighted by atomic mass is 10.1. The molecule has 0 saturated heterocycles. The van der Waals surface area contributed by atoms with Gasteiger partial charge in [-0.05, 0) is 30.0 Å². The fraction of sp³-hybridized carbons (Fsp3) is 0.533. The van der Waals surface area contributed by atoms with E-state index in [0.717, 1.165) is 13.1 Å². The summed E-state index contributed by atoms with van der Waals surface area (Å²) in [5.74, 6) is 0.788. The zero-order valence-electron chi connectivity index (χ0n) is 11.9. The molecule has 2 nitrogen and oxygen atoms in total. The van der Waals surface area contributed by atoms with Crippen LogP contribution in [0.15, 0.2) is 18.2 Å². The highest BCUT2D eigenvalue weighted by atomic mass is 35.5. The summed E-state index contributed by atoms with van der Waals surface area (Å²) in [5.41, 5.74) is 0.482. The minimum absolute atomic E-state index is 0.0464. The van der Waals surface area contributed by atoms with Crippen molar-refractivity contribution in [3.63, 3.8) is 0 Å². The zero-order chi connectivity index (χ0) is 14.6. The molecule has 1 rings (SSSR count). The van der Waals surface area contributed by atoms with Crippen molar-refractivity contribution in [2.75, 3.05) is 13.1 Å². The summed E-state index contributed by atoms with van der Waals surface area (Å²) in [5, 5.41) is 0.980. The van der Waals surface area contributed by atoms with Gasteiger partial charge in [-0.25, -0.2) is 0 Å². The van der Waals surface area contributed by atoms with Gasteiger partial charge in [0.2, 0.25) is 0 Å². The van der Waals surface area contributed by atoms with Crippen molar-refractivity contribution in [1.82, 2.24) is 4.90 Å². The second kappa shape index (κ2) is 7.16. The number of amides is 1. The molecule has 0 aliphatic carbocycles. The van der Waals surface area contributed by atoms with E-state index in [9.17, 15) is 4.79 Å². The monoisotopic (exact) mass is 301 g/mol. The van der Waals surface area contributed by atoms with Gasteiger partial charge < -0.3 is 4.90 Å². The number of carbonyl (C=O) groups excluding carboxylic acids is 1. The third-order valence-electron chi connectivity index (χ3n) is 2.62. The Morgan fingerprint density at radius 1 is 1.11 bits per heavy atom. The molecule has 0 aliphatic heterocycles. The van der Waals surface area contributed by atoms with E-state index in [0.29, 0.717) is 27.4 Å². The molecule has 0 fully saturated rings. The Morgan fingerprint density at radius 3 is 2.11 bits per heavy atom. The van der Waals surface area contributed by atoms with Crippen molar-refractivity contribution in [2.24, 2.45) is 11.8 Å². The Labute approximate surface area is 125 Å². The first-order valence-electron chi connectivity index (χ1n) is 6.55. The van der Waals surface area contributed by atoms with Crippen LogP contribution in [0.1, 0.15) is 38.1 Å². The Morgan fingerprint density at radius 2 is 1.63 bits per heavy atom. The van der Waals surface area contributed by atoms with Crippen molar-refractivity contribution < 1.29 is 4.79 Å². The largest absolute Gasteiger partial charge is 0.338 e. The molecular formula is C15H21Cl2NO. The Kier molecular flexibility index (Phi) is 6.15. The molecule has 0 bridgehead atoms. The van der Waals surface area contributed by atoms with Crippen LogP contribution < -0.4 is 0 Å². The fourth-order valence-corrected chi connectivity index (χ4v) is 2.32. The summed E-state index contributed by atoms with van der Waals surface area (Å²) in [6.07, 6.45) is 0. The molecule has 4 heteroatoms. The molecule has 1 aromatic rings. The maximum absolute atomic E-state index is 12.6. The molecule has 0 spiro atoms. The molecule has 1 aromatic carbocycles. The van der Waals surface area contributed by atoms with Crippen molar-refractivity contribution in [3.05, 3.63) is 33.8 Å². The van der Waals surface area contributed by atoms with Crippen LogP contribution in [0.2, 0.25) is 10.0 Å². The summed E-state index contributed by atoms with van der Waals surface area (Å²) in [6.45, 7) is 9.83. The first kappa shape index (κ1) is 16.3. The van der Waals surface area contributed by atoms with Crippen LogP contribution in [-0.4, -0.2) is 23.9 Å². The average molecular weight is 302 g/mol. The van der Waals surface area contributed by atoms with E-state index in [2.05, 4.69) is 27.7 Å². The number of hydrogen-bond donors (Lipinski definition) is 0. The van der Waals surface area contributed by atoms with Gasteiger partial charge in [-0.15, -0.1) is 0 Å². The SMILES string of the molecule is CC(C)CN(CC(C)C)C(=O)c1cc(Cl)ccc1Cl. The van der Waals surface area contributed by atoms with Crippen LogP contribution in [-0.2, 0) is 0 Å². The number of carbonyl (C=O) groups is 1. The minimum Gasteiger partial charge on any atom is -0.338 e. The van der Waals surface area contributed by atoms with Crippen molar-refractivity contribution in [1.29, 1.82) is 0 Å². The van der Waals surface area contributed by atoms with E-state index in [4.69, 9.17) is 23.2 Å². The quantitative estimate of drug-likeness (QED) is 0.768. The number of rotatable bonds is 5. The normalized spacial score (nSPS) is 11.2. The molecule has 0 unspecified atom stereocenters. The van der Waals surface area contributed by atoms with Crippen LogP contribution >= 0.6 is 23.2 Å². The van der Waals surface area contributed by atoms with Crippen molar-refractivity contribution in [2.45, 2.75) is 27.7 Å². The Hall–Kier alpha value is -0.730. The maximum atomic E-state index is 12.6. The van der Waals surface area contributed by atoms with Crippen molar-refractivity contribution >= 4 is 29.1 Å². The van der Waals surface area contributed by atoms with Crippen LogP contribution in [0.5, 0.6) is 0 Å². The first-order chi connectivity index (χ1) is 8.81. The maximum Gasteiger partial charge on any atom is 0.255 e. The highest BCUT2D eigenvalue weighted by molar-refractivity contribution is 6.35. The Bertz CT molecular complexity index is 434. The van der Waals surface area contributed by atoms with E-state index >= 15 is 0 Å². The van der Waals surface area contributed by atoms with Gasteiger partial charge in [0.05, 0.1) is 10.6 Å². The molecule has 0 saturated carbocycles. The van der Waals surface area contributed by atoms with Crippen LogP contribution in [0.3, 0.4) is 0 Å². The average Bonchev–Trinajstić information content (AvgIpc) is 2.29. The Balaban J connectivity index is 3.00. The summed E-state index contributed by atoms with van der Waals surface area (Å²) in [6, 6.07) is 5.00. The van der Waals surface area contributed by atoms with E-state index < -0.39 is 0 Å². The van der Waals surface area contributed by atoms with Gasteiger partial charge in [0.1, 0.15) is 0 Å². The molecule has 0 aromatic heterocycles. The summed E-state index contributed by atoms with van der Waals surface area (Å²) in [4.78, 5) is 14.4. The number of benzene rings is 1. The van der Waals surface area contributed by atoms with Gasteiger partial charge in [0.15, 0.2) is 0 Å². The summed E-state index contributed by atoms with van der Waals surface area (Å²) < 4.78 is 0. The van der Waals surface area contributed by atoms with Gasteiger partial charge in [0, 0.05) is 18.1 Å². The van der Waals surface area contributed by atoms with Crippen LogP contribution in [0.4, 0.5) is 0 Å². The lowest BCUT2D eigenvalue weighted by Gasteiger charge is -2.27. The predicted octanol–water partition coefficient (Wildman–Crippen LogP) is 4.75. The predicted molar refractivity (Wildman–Crippen MR) is 82.0 cm³/mol. The minimum atomic E-state index is -0.0464. The number of nitrogens with zero attached hydrogens (tertiary/aromatic N) is 1.